The van der Waals surface area contributed by atoms with E-state index in [0.29, 0.717) is 5.56 Å². The van der Waals surface area contributed by atoms with Crippen molar-refractivity contribution in [3.05, 3.63) is 29.8 Å². The Hall–Kier alpha value is -1.44. The quantitative estimate of drug-likeness (QED) is 0.637. The fraction of sp³-hybridized carbons (Fsp3) is 0.222. The second kappa shape index (κ2) is 5.59. The molecule has 0 aromatic heterocycles. The van der Waals surface area contributed by atoms with Gasteiger partial charge in [-0.25, -0.2) is 0 Å². The van der Waals surface area contributed by atoms with Crippen LogP contribution in [0.5, 0.6) is 5.75 Å². The van der Waals surface area contributed by atoms with Gasteiger partial charge in [-0.3, -0.25) is 9.35 Å². The summed E-state index contributed by atoms with van der Waals surface area (Å²) in [7, 11) is 0. The number of aliphatic carboxylic acids is 1. The van der Waals surface area contributed by atoms with Crippen LogP contribution in [-0.4, -0.2) is 25.9 Å². The molecule has 0 bridgehead atoms. The average molecular weight is 245 g/mol. The van der Waals surface area contributed by atoms with Crippen LogP contribution in [0, 0.1) is 0 Å². The number of rotatable bonds is 5. The molecule has 2 unspecified atom stereocenters. The highest BCUT2D eigenvalue weighted by Crippen LogP contribution is 2.13. The van der Waals surface area contributed by atoms with E-state index in [1.807, 2.05) is 0 Å². The second-order valence-corrected chi connectivity index (χ2v) is 3.69. The number of carbonyl (C=O) groups is 1. The molecule has 1 aromatic carbocycles. The van der Waals surface area contributed by atoms with Gasteiger partial charge in [0.15, 0.2) is 0 Å². The summed E-state index contributed by atoms with van der Waals surface area (Å²) < 4.78 is 23.3. The summed E-state index contributed by atoms with van der Waals surface area (Å²) in [5.74, 6) is -0.842. The smallest absolute Gasteiger partial charge is 0.357 e. The zero-order valence-electron chi connectivity index (χ0n) is 8.20. The molecule has 2 atom stereocenters. The van der Waals surface area contributed by atoms with Gasteiger partial charge in [-0.05, 0) is 24.1 Å². The van der Waals surface area contributed by atoms with E-state index >= 15 is 0 Å². The van der Waals surface area contributed by atoms with Crippen molar-refractivity contribution in [3.63, 3.8) is 0 Å². The summed E-state index contributed by atoms with van der Waals surface area (Å²) in [6.45, 7) is 0. The minimum absolute atomic E-state index is 0.192. The van der Waals surface area contributed by atoms with Gasteiger partial charge in [0.05, 0.1) is 0 Å². The number of hydrogen-bond acceptors (Lipinski definition) is 4. The standard InChI is InChI=1S/C9H11NO5S/c10-8(9(11)12)5-6-1-3-7(4-2-6)15-16(13)14/h1-4,8H,5,10H2,(H,11,12)(H,13,14). The van der Waals surface area contributed by atoms with Crippen molar-refractivity contribution in [3.8, 4) is 5.75 Å². The third-order valence-corrected chi connectivity index (χ3v) is 2.20. The van der Waals surface area contributed by atoms with E-state index in [1.165, 1.54) is 12.1 Å². The Kier molecular flexibility index (Phi) is 4.41. The molecule has 6 nitrogen and oxygen atoms in total. The maximum absolute atomic E-state index is 10.5. The van der Waals surface area contributed by atoms with Gasteiger partial charge in [0.1, 0.15) is 11.8 Å². The van der Waals surface area contributed by atoms with Gasteiger partial charge in [0.25, 0.3) is 0 Å². The first kappa shape index (κ1) is 12.6. The second-order valence-electron chi connectivity index (χ2n) is 3.09. The molecule has 4 N–H and O–H groups in total. The van der Waals surface area contributed by atoms with E-state index in [-0.39, 0.29) is 12.2 Å². The topological polar surface area (TPSA) is 110 Å². The first-order chi connectivity index (χ1) is 7.49. The van der Waals surface area contributed by atoms with Gasteiger partial charge in [-0.1, -0.05) is 12.1 Å². The Morgan fingerprint density at radius 2 is 2.00 bits per heavy atom. The van der Waals surface area contributed by atoms with Crippen LogP contribution in [0.2, 0.25) is 0 Å². The average Bonchev–Trinajstić information content (AvgIpc) is 2.20. The highest BCUT2D eigenvalue weighted by Gasteiger charge is 2.11. The lowest BCUT2D eigenvalue weighted by Crippen LogP contribution is -2.32. The molecule has 88 valence electrons. The van der Waals surface area contributed by atoms with Gasteiger partial charge in [0.2, 0.25) is 0 Å². The predicted molar refractivity (Wildman–Crippen MR) is 57.2 cm³/mol. The molecule has 0 aliphatic rings. The Labute approximate surface area is 94.5 Å². The summed E-state index contributed by atoms with van der Waals surface area (Å²) in [6, 6.07) is 5.16. The van der Waals surface area contributed by atoms with Crippen LogP contribution in [0.1, 0.15) is 5.56 Å². The summed E-state index contributed by atoms with van der Waals surface area (Å²) in [5, 5.41) is 8.59. The van der Waals surface area contributed by atoms with E-state index in [9.17, 15) is 9.00 Å². The molecule has 0 saturated heterocycles. The van der Waals surface area contributed by atoms with Crippen molar-refractivity contribution in [1.29, 1.82) is 0 Å². The van der Waals surface area contributed by atoms with E-state index in [2.05, 4.69) is 4.18 Å². The van der Waals surface area contributed by atoms with E-state index in [0.717, 1.165) is 0 Å². The molecule has 16 heavy (non-hydrogen) atoms. The van der Waals surface area contributed by atoms with Crippen LogP contribution in [0.15, 0.2) is 24.3 Å². The third kappa shape index (κ3) is 3.97. The molecule has 7 heteroatoms. The molecule has 0 spiro atoms. The van der Waals surface area contributed by atoms with E-state index < -0.39 is 23.4 Å². The maximum atomic E-state index is 10.5. The summed E-state index contributed by atoms with van der Waals surface area (Å²) in [6.07, 6.45) is 0.192. The Balaban J connectivity index is 2.64. The van der Waals surface area contributed by atoms with Crippen molar-refractivity contribution < 1.29 is 22.8 Å². The highest BCUT2D eigenvalue weighted by atomic mass is 32.2. The molecule has 0 radical (unpaired) electrons. The Bertz CT molecular complexity index is 391. The van der Waals surface area contributed by atoms with Crippen molar-refractivity contribution >= 4 is 17.3 Å². The first-order valence-corrected chi connectivity index (χ1v) is 5.38. The monoisotopic (exact) mass is 245 g/mol. The molecule has 1 aromatic rings. The summed E-state index contributed by atoms with van der Waals surface area (Å²) in [5.41, 5.74) is 6.06. The lowest BCUT2D eigenvalue weighted by molar-refractivity contribution is -0.138. The number of hydrogen-bond donors (Lipinski definition) is 3. The third-order valence-electron chi connectivity index (χ3n) is 1.86. The minimum Gasteiger partial charge on any atom is -0.480 e. The van der Waals surface area contributed by atoms with Gasteiger partial charge in [0, 0.05) is 0 Å². The zero-order valence-corrected chi connectivity index (χ0v) is 9.02. The van der Waals surface area contributed by atoms with Gasteiger partial charge in [-0.2, -0.15) is 4.21 Å². The van der Waals surface area contributed by atoms with Crippen LogP contribution in [0.3, 0.4) is 0 Å². The van der Waals surface area contributed by atoms with Gasteiger partial charge in [-0.15, -0.1) is 0 Å². The first-order valence-electron chi connectivity index (χ1n) is 4.35. The van der Waals surface area contributed by atoms with Crippen molar-refractivity contribution in [2.75, 3.05) is 0 Å². The van der Waals surface area contributed by atoms with Gasteiger partial charge >= 0.3 is 17.3 Å². The van der Waals surface area contributed by atoms with Crippen LogP contribution < -0.4 is 9.92 Å². The van der Waals surface area contributed by atoms with Crippen LogP contribution >= 0.6 is 0 Å². The molecule has 1 rings (SSSR count). The van der Waals surface area contributed by atoms with Crippen LogP contribution in [0.25, 0.3) is 0 Å². The number of benzene rings is 1. The largest absolute Gasteiger partial charge is 0.480 e. The molecule has 0 fully saturated rings. The molecular formula is C9H11NO5S. The number of carboxylic acids is 1. The van der Waals surface area contributed by atoms with Crippen LogP contribution in [0.4, 0.5) is 0 Å². The number of carboxylic acid groups (broad SMARTS) is 1. The van der Waals surface area contributed by atoms with E-state index in [4.69, 9.17) is 15.4 Å². The van der Waals surface area contributed by atoms with Crippen molar-refractivity contribution in [2.45, 2.75) is 12.5 Å². The summed E-state index contributed by atoms with van der Waals surface area (Å²) in [4.78, 5) is 10.5. The lowest BCUT2D eigenvalue weighted by Gasteiger charge is -2.06. The Morgan fingerprint density at radius 3 is 2.44 bits per heavy atom. The molecule has 0 aliphatic carbocycles. The fourth-order valence-electron chi connectivity index (χ4n) is 1.10. The van der Waals surface area contributed by atoms with E-state index in [1.54, 1.807) is 12.1 Å². The molecular weight excluding hydrogens is 234 g/mol. The van der Waals surface area contributed by atoms with Crippen LogP contribution in [-0.2, 0) is 22.6 Å². The number of nitrogens with two attached hydrogens (primary N) is 1. The van der Waals surface area contributed by atoms with Crippen molar-refractivity contribution in [2.24, 2.45) is 5.73 Å². The Morgan fingerprint density at radius 1 is 1.44 bits per heavy atom. The minimum atomic E-state index is -2.36. The molecule has 0 heterocycles. The summed E-state index contributed by atoms with van der Waals surface area (Å²) >= 11 is -2.36. The molecule has 0 saturated carbocycles. The lowest BCUT2D eigenvalue weighted by atomic mass is 10.1. The zero-order chi connectivity index (χ0) is 12.1. The predicted octanol–water partition coefficient (Wildman–Crippen LogP) is 0.156. The molecule has 0 amide bonds. The normalized spacial score (nSPS) is 14.1. The highest BCUT2D eigenvalue weighted by molar-refractivity contribution is 7.74. The van der Waals surface area contributed by atoms with Crippen molar-refractivity contribution in [1.82, 2.24) is 0 Å². The SMILES string of the molecule is NC(Cc1ccc(OS(=O)O)cc1)C(=O)O. The van der Waals surface area contributed by atoms with Gasteiger partial charge < -0.3 is 15.0 Å². The maximum Gasteiger partial charge on any atom is 0.357 e. The molecule has 0 aliphatic heterocycles. The fourth-order valence-corrected chi connectivity index (χ4v) is 1.38.